The van der Waals surface area contributed by atoms with Gasteiger partial charge in [-0.05, 0) is 12.8 Å². The third-order valence-electron chi connectivity index (χ3n) is 1.35. The van der Waals surface area contributed by atoms with Crippen LogP contribution < -0.4 is 0 Å². The minimum atomic E-state index is 0.0958. The minimum absolute atomic E-state index is 0.0958. The third-order valence-corrected chi connectivity index (χ3v) is 1.35. The van der Waals surface area contributed by atoms with Crippen molar-refractivity contribution in [3.63, 3.8) is 0 Å². The Morgan fingerprint density at radius 2 is 1.57 bits per heavy atom. The van der Waals surface area contributed by atoms with Crippen LogP contribution in [-0.4, -0.2) is 48.4 Å². The van der Waals surface area contributed by atoms with E-state index >= 15 is 0 Å². The standard InChI is InChI=1S/C9H19NO4/c1-2-5-10(13-8-3-6-11)14-9-4-7-12/h2,11-12H,1,3-9H2. The average Bonchev–Trinajstić information content (AvgIpc) is 2.18. The summed E-state index contributed by atoms with van der Waals surface area (Å²) in [5.74, 6) is 0. The molecule has 2 N–H and O–H groups in total. The predicted molar refractivity (Wildman–Crippen MR) is 52.2 cm³/mol. The van der Waals surface area contributed by atoms with Gasteiger partial charge in [0.05, 0.1) is 19.8 Å². The van der Waals surface area contributed by atoms with Gasteiger partial charge in [-0.1, -0.05) is 11.3 Å². The van der Waals surface area contributed by atoms with Crippen LogP contribution in [0.4, 0.5) is 0 Å². The van der Waals surface area contributed by atoms with Crippen LogP contribution in [0, 0.1) is 0 Å². The second-order valence-corrected chi connectivity index (χ2v) is 2.62. The number of nitrogens with zero attached hydrogens (tertiary/aromatic N) is 1. The molecule has 0 amide bonds. The molecule has 0 heterocycles. The van der Waals surface area contributed by atoms with Gasteiger partial charge < -0.3 is 10.2 Å². The van der Waals surface area contributed by atoms with E-state index in [-0.39, 0.29) is 13.2 Å². The average molecular weight is 205 g/mol. The summed E-state index contributed by atoms with van der Waals surface area (Å²) in [6.45, 7) is 5.02. The molecular weight excluding hydrogens is 186 g/mol. The summed E-state index contributed by atoms with van der Waals surface area (Å²) < 4.78 is 0. The van der Waals surface area contributed by atoms with Crippen LogP contribution >= 0.6 is 0 Å². The van der Waals surface area contributed by atoms with Gasteiger partial charge >= 0.3 is 0 Å². The summed E-state index contributed by atoms with van der Waals surface area (Å²) in [6, 6.07) is 0. The largest absolute Gasteiger partial charge is 0.396 e. The Balaban J connectivity index is 3.49. The first-order valence-electron chi connectivity index (χ1n) is 4.71. The van der Waals surface area contributed by atoms with E-state index in [1.54, 1.807) is 6.08 Å². The Labute approximate surface area is 84.5 Å². The van der Waals surface area contributed by atoms with Gasteiger partial charge in [0.25, 0.3) is 0 Å². The van der Waals surface area contributed by atoms with Crippen molar-refractivity contribution in [3.05, 3.63) is 12.7 Å². The van der Waals surface area contributed by atoms with Crippen molar-refractivity contribution in [2.24, 2.45) is 0 Å². The quantitative estimate of drug-likeness (QED) is 0.301. The molecule has 0 aromatic heterocycles. The van der Waals surface area contributed by atoms with E-state index in [9.17, 15) is 0 Å². The van der Waals surface area contributed by atoms with Crippen LogP contribution in [0.15, 0.2) is 12.7 Å². The molecule has 84 valence electrons. The molecule has 0 unspecified atom stereocenters. The molecule has 0 radical (unpaired) electrons. The van der Waals surface area contributed by atoms with E-state index in [0.717, 1.165) is 0 Å². The molecule has 0 bridgehead atoms. The fourth-order valence-electron chi connectivity index (χ4n) is 0.710. The Hall–Kier alpha value is -0.460. The molecule has 0 aliphatic heterocycles. The van der Waals surface area contributed by atoms with Crippen molar-refractivity contribution >= 4 is 0 Å². The van der Waals surface area contributed by atoms with Gasteiger partial charge in [-0.15, -0.1) is 6.58 Å². The Kier molecular flexibility index (Phi) is 10.3. The first-order valence-corrected chi connectivity index (χ1v) is 4.71. The Morgan fingerprint density at radius 3 is 1.93 bits per heavy atom. The van der Waals surface area contributed by atoms with Crippen LogP contribution in [0.25, 0.3) is 0 Å². The highest BCUT2D eigenvalue weighted by Gasteiger charge is 2.02. The molecule has 14 heavy (non-hydrogen) atoms. The molecule has 0 aliphatic carbocycles. The molecule has 0 atom stereocenters. The van der Waals surface area contributed by atoms with Crippen molar-refractivity contribution in [3.8, 4) is 0 Å². The van der Waals surface area contributed by atoms with E-state index in [0.29, 0.717) is 32.6 Å². The summed E-state index contributed by atoms with van der Waals surface area (Å²) in [7, 11) is 0. The molecule has 0 aromatic carbocycles. The van der Waals surface area contributed by atoms with E-state index in [4.69, 9.17) is 19.9 Å². The lowest BCUT2D eigenvalue weighted by Gasteiger charge is -2.18. The van der Waals surface area contributed by atoms with E-state index in [1.165, 1.54) is 5.23 Å². The lowest BCUT2D eigenvalue weighted by molar-refractivity contribution is -0.363. The fraction of sp³-hybridized carbons (Fsp3) is 0.778. The van der Waals surface area contributed by atoms with Crippen molar-refractivity contribution in [1.29, 1.82) is 0 Å². The summed E-state index contributed by atoms with van der Waals surface area (Å²) in [6.07, 6.45) is 2.78. The normalized spacial score (nSPS) is 10.8. The second-order valence-electron chi connectivity index (χ2n) is 2.62. The Morgan fingerprint density at radius 1 is 1.07 bits per heavy atom. The monoisotopic (exact) mass is 205 g/mol. The summed E-state index contributed by atoms with van der Waals surface area (Å²) in [5, 5.41) is 18.4. The zero-order valence-corrected chi connectivity index (χ0v) is 8.39. The molecule has 0 fully saturated rings. The van der Waals surface area contributed by atoms with Crippen LogP contribution in [-0.2, 0) is 9.68 Å². The summed E-state index contributed by atoms with van der Waals surface area (Å²) in [5.41, 5.74) is 0. The fourth-order valence-corrected chi connectivity index (χ4v) is 0.710. The van der Waals surface area contributed by atoms with Crippen LogP contribution in [0.5, 0.6) is 0 Å². The van der Waals surface area contributed by atoms with Crippen molar-refractivity contribution in [1.82, 2.24) is 5.23 Å². The highest BCUT2D eigenvalue weighted by molar-refractivity contribution is 4.66. The van der Waals surface area contributed by atoms with Crippen LogP contribution in [0.1, 0.15) is 12.8 Å². The van der Waals surface area contributed by atoms with Crippen LogP contribution in [0.3, 0.4) is 0 Å². The summed E-state index contributed by atoms with van der Waals surface area (Å²) in [4.78, 5) is 10.3. The van der Waals surface area contributed by atoms with Gasteiger partial charge in [-0.25, -0.2) is 0 Å². The smallest absolute Gasteiger partial charge is 0.0733 e. The van der Waals surface area contributed by atoms with E-state index < -0.39 is 0 Å². The highest BCUT2D eigenvalue weighted by atomic mass is 16.9. The molecule has 0 spiro atoms. The van der Waals surface area contributed by atoms with Crippen molar-refractivity contribution < 1.29 is 19.9 Å². The molecule has 0 aliphatic rings. The number of hydroxylamine groups is 2. The number of aliphatic hydroxyl groups excluding tert-OH is 2. The van der Waals surface area contributed by atoms with Crippen molar-refractivity contribution in [2.45, 2.75) is 12.8 Å². The molecule has 0 rings (SSSR count). The van der Waals surface area contributed by atoms with Gasteiger partial charge in [0.2, 0.25) is 0 Å². The predicted octanol–water partition coefficient (Wildman–Crippen LogP) is 0.102. The molecule has 5 heteroatoms. The molecule has 5 nitrogen and oxygen atoms in total. The molecule has 0 aromatic rings. The molecule has 0 saturated heterocycles. The van der Waals surface area contributed by atoms with E-state index in [2.05, 4.69) is 6.58 Å². The summed E-state index contributed by atoms with van der Waals surface area (Å²) >= 11 is 0. The number of aliphatic hydroxyl groups is 2. The first-order chi connectivity index (χ1) is 6.85. The zero-order valence-electron chi connectivity index (χ0n) is 8.39. The van der Waals surface area contributed by atoms with Gasteiger partial charge in [0.15, 0.2) is 0 Å². The lowest BCUT2D eigenvalue weighted by atomic mass is 10.5. The van der Waals surface area contributed by atoms with Gasteiger partial charge in [-0.2, -0.15) is 0 Å². The van der Waals surface area contributed by atoms with Crippen molar-refractivity contribution in [2.75, 3.05) is 33.0 Å². The number of hydrogen-bond acceptors (Lipinski definition) is 5. The maximum atomic E-state index is 8.53. The van der Waals surface area contributed by atoms with Gasteiger partial charge in [0, 0.05) is 13.2 Å². The lowest BCUT2D eigenvalue weighted by Crippen LogP contribution is -2.26. The van der Waals surface area contributed by atoms with Gasteiger partial charge in [-0.3, -0.25) is 9.68 Å². The van der Waals surface area contributed by atoms with Gasteiger partial charge in [0.1, 0.15) is 0 Å². The minimum Gasteiger partial charge on any atom is -0.396 e. The third kappa shape index (κ3) is 8.15. The Bertz CT molecular complexity index is 122. The molecule has 0 saturated carbocycles. The topological polar surface area (TPSA) is 62.2 Å². The maximum absolute atomic E-state index is 8.53. The maximum Gasteiger partial charge on any atom is 0.0733 e. The number of hydrogen-bond donors (Lipinski definition) is 2. The number of rotatable bonds is 10. The SMILES string of the molecule is C=CCN(OCCCO)OCCCO. The first kappa shape index (κ1) is 13.5. The second kappa shape index (κ2) is 10.6. The van der Waals surface area contributed by atoms with Crippen LogP contribution in [0.2, 0.25) is 0 Å². The van der Waals surface area contributed by atoms with E-state index in [1.807, 2.05) is 0 Å². The zero-order chi connectivity index (χ0) is 10.6. The molecular formula is C9H19NO4. The highest BCUT2D eigenvalue weighted by Crippen LogP contribution is 1.95.